The standard InChI is InChI=1S/C13H16N6/c1-9-11(16-2)17-12(10-3-4-10)18-13(9)19(7-5-14)8-6-15/h10H,3-4,7-8H2,1-2H3,(H,16,17,18). The number of nitrogens with zero attached hydrogens (tertiary/aromatic N) is 5. The van der Waals surface area contributed by atoms with Gasteiger partial charge in [0.25, 0.3) is 0 Å². The van der Waals surface area contributed by atoms with Gasteiger partial charge in [-0.05, 0) is 19.8 Å². The third-order valence-corrected chi connectivity index (χ3v) is 3.14. The van der Waals surface area contributed by atoms with E-state index in [-0.39, 0.29) is 13.1 Å². The van der Waals surface area contributed by atoms with Gasteiger partial charge in [0.1, 0.15) is 30.5 Å². The minimum atomic E-state index is 0.151. The summed E-state index contributed by atoms with van der Waals surface area (Å²) in [5.41, 5.74) is 0.873. The van der Waals surface area contributed by atoms with Crippen molar-refractivity contribution in [3.05, 3.63) is 11.4 Å². The molecule has 0 unspecified atom stereocenters. The monoisotopic (exact) mass is 256 g/mol. The quantitative estimate of drug-likeness (QED) is 0.804. The zero-order valence-electron chi connectivity index (χ0n) is 11.1. The van der Waals surface area contributed by atoms with E-state index in [0.29, 0.717) is 11.7 Å². The summed E-state index contributed by atoms with van der Waals surface area (Å²) in [6.07, 6.45) is 2.23. The molecule has 0 radical (unpaired) electrons. The summed E-state index contributed by atoms with van der Waals surface area (Å²) >= 11 is 0. The molecule has 0 atom stereocenters. The van der Waals surface area contributed by atoms with Gasteiger partial charge in [-0.3, -0.25) is 0 Å². The molecule has 0 bridgehead atoms. The molecule has 19 heavy (non-hydrogen) atoms. The Kier molecular flexibility index (Phi) is 3.82. The molecular formula is C13H16N6. The van der Waals surface area contributed by atoms with E-state index < -0.39 is 0 Å². The van der Waals surface area contributed by atoms with Gasteiger partial charge in [0, 0.05) is 18.5 Å². The smallest absolute Gasteiger partial charge is 0.139 e. The van der Waals surface area contributed by atoms with Crippen molar-refractivity contribution in [1.29, 1.82) is 10.5 Å². The summed E-state index contributed by atoms with van der Waals surface area (Å²) in [4.78, 5) is 10.7. The number of anilines is 2. The van der Waals surface area contributed by atoms with Crippen LogP contribution in [0, 0.1) is 29.6 Å². The van der Waals surface area contributed by atoms with Crippen LogP contribution in [0.25, 0.3) is 0 Å². The van der Waals surface area contributed by atoms with Crippen molar-refractivity contribution >= 4 is 11.6 Å². The van der Waals surface area contributed by atoms with Gasteiger partial charge in [-0.1, -0.05) is 0 Å². The first-order valence-electron chi connectivity index (χ1n) is 6.26. The summed E-state index contributed by atoms with van der Waals surface area (Å²) in [7, 11) is 1.81. The fraction of sp³-hybridized carbons (Fsp3) is 0.538. The molecule has 1 aromatic heterocycles. The van der Waals surface area contributed by atoms with Crippen molar-refractivity contribution in [2.24, 2.45) is 0 Å². The lowest BCUT2D eigenvalue weighted by molar-refractivity contribution is 0.863. The molecule has 0 saturated heterocycles. The van der Waals surface area contributed by atoms with E-state index in [0.717, 1.165) is 30.0 Å². The molecule has 1 N–H and O–H groups in total. The first kappa shape index (κ1) is 13.1. The normalized spacial score (nSPS) is 13.5. The van der Waals surface area contributed by atoms with E-state index >= 15 is 0 Å². The van der Waals surface area contributed by atoms with Gasteiger partial charge in [-0.2, -0.15) is 10.5 Å². The minimum Gasteiger partial charge on any atom is -0.373 e. The second-order valence-corrected chi connectivity index (χ2v) is 4.58. The SMILES string of the molecule is CNc1nc(C2CC2)nc(N(CC#N)CC#N)c1C. The Morgan fingerprint density at radius 2 is 1.89 bits per heavy atom. The summed E-state index contributed by atoms with van der Waals surface area (Å²) < 4.78 is 0. The first-order valence-corrected chi connectivity index (χ1v) is 6.26. The second-order valence-electron chi connectivity index (χ2n) is 4.58. The molecule has 0 spiro atoms. The van der Waals surface area contributed by atoms with Crippen molar-refractivity contribution in [3.8, 4) is 12.1 Å². The van der Waals surface area contributed by atoms with Crippen LogP contribution in [0.4, 0.5) is 11.6 Å². The lowest BCUT2D eigenvalue weighted by Gasteiger charge is -2.21. The molecule has 1 saturated carbocycles. The molecule has 0 aliphatic heterocycles. The molecule has 6 nitrogen and oxygen atoms in total. The Bertz CT molecular complexity index is 533. The summed E-state index contributed by atoms with van der Waals surface area (Å²) in [6, 6.07) is 4.15. The summed E-state index contributed by atoms with van der Waals surface area (Å²) in [5.74, 6) is 2.69. The maximum atomic E-state index is 8.87. The maximum Gasteiger partial charge on any atom is 0.139 e. The van der Waals surface area contributed by atoms with E-state index in [4.69, 9.17) is 10.5 Å². The number of hydrogen-bond donors (Lipinski definition) is 1. The van der Waals surface area contributed by atoms with Crippen molar-refractivity contribution in [3.63, 3.8) is 0 Å². The minimum absolute atomic E-state index is 0.151. The Balaban J connectivity index is 2.44. The van der Waals surface area contributed by atoms with E-state index in [1.807, 2.05) is 14.0 Å². The van der Waals surface area contributed by atoms with Gasteiger partial charge in [0.05, 0.1) is 12.1 Å². The lowest BCUT2D eigenvalue weighted by atomic mass is 10.2. The molecule has 1 aliphatic carbocycles. The Hall–Kier alpha value is -2.34. The van der Waals surface area contributed by atoms with Crippen LogP contribution in [-0.4, -0.2) is 30.1 Å². The molecular weight excluding hydrogens is 240 g/mol. The summed E-state index contributed by atoms with van der Waals surface area (Å²) in [6.45, 7) is 2.21. The highest BCUT2D eigenvalue weighted by atomic mass is 15.2. The van der Waals surface area contributed by atoms with Crippen LogP contribution in [0.3, 0.4) is 0 Å². The molecule has 2 rings (SSSR count). The van der Waals surface area contributed by atoms with Gasteiger partial charge in [-0.15, -0.1) is 0 Å². The predicted octanol–water partition coefficient (Wildman–Crippen LogP) is 1.56. The van der Waals surface area contributed by atoms with Crippen LogP contribution in [-0.2, 0) is 0 Å². The van der Waals surface area contributed by atoms with Crippen LogP contribution >= 0.6 is 0 Å². The zero-order valence-corrected chi connectivity index (χ0v) is 11.1. The molecule has 1 fully saturated rings. The van der Waals surface area contributed by atoms with Crippen molar-refractivity contribution in [2.75, 3.05) is 30.4 Å². The summed E-state index contributed by atoms with van der Waals surface area (Å²) in [5, 5.41) is 20.8. The van der Waals surface area contributed by atoms with Crippen molar-refractivity contribution in [1.82, 2.24) is 9.97 Å². The topological polar surface area (TPSA) is 88.6 Å². The molecule has 1 heterocycles. The van der Waals surface area contributed by atoms with Gasteiger partial charge >= 0.3 is 0 Å². The van der Waals surface area contributed by atoms with Gasteiger partial charge in [0.15, 0.2) is 0 Å². The van der Waals surface area contributed by atoms with Crippen LogP contribution < -0.4 is 10.2 Å². The van der Waals surface area contributed by atoms with Crippen molar-refractivity contribution in [2.45, 2.75) is 25.7 Å². The zero-order chi connectivity index (χ0) is 13.8. The van der Waals surface area contributed by atoms with Gasteiger partial charge in [-0.25, -0.2) is 9.97 Å². The van der Waals surface area contributed by atoms with Crippen LogP contribution in [0.1, 0.15) is 30.1 Å². The third-order valence-electron chi connectivity index (χ3n) is 3.14. The lowest BCUT2D eigenvalue weighted by Crippen LogP contribution is -2.26. The van der Waals surface area contributed by atoms with Crippen LogP contribution in [0.15, 0.2) is 0 Å². The largest absolute Gasteiger partial charge is 0.373 e. The molecule has 98 valence electrons. The highest BCUT2D eigenvalue weighted by molar-refractivity contribution is 5.59. The predicted molar refractivity (Wildman–Crippen MR) is 71.7 cm³/mol. The molecule has 1 aromatic rings. The fourth-order valence-corrected chi connectivity index (χ4v) is 1.97. The van der Waals surface area contributed by atoms with E-state index in [1.165, 1.54) is 0 Å². The van der Waals surface area contributed by atoms with Crippen molar-refractivity contribution < 1.29 is 0 Å². The number of nitrogens with one attached hydrogen (secondary N) is 1. The molecule has 0 amide bonds. The number of nitriles is 2. The van der Waals surface area contributed by atoms with Crippen LogP contribution in [0.2, 0.25) is 0 Å². The maximum absolute atomic E-state index is 8.87. The highest BCUT2D eigenvalue weighted by Crippen LogP contribution is 2.39. The average Bonchev–Trinajstić information content (AvgIpc) is 3.23. The second kappa shape index (κ2) is 5.53. The van der Waals surface area contributed by atoms with E-state index in [1.54, 1.807) is 4.90 Å². The number of hydrogen-bond acceptors (Lipinski definition) is 6. The average molecular weight is 256 g/mol. The number of aromatic nitrogens is 2. The fourth-order valence-electron chi connectivity index (χ4n) is 1.97. The Labute approximate surface area is 112 Å². The van der Waals surface area contributed by atoms with Gasteiger partial charge in [0.2, 0.25) is 0 Å². The highest BCUT2D eigenvalue weighted by Gasteiger charge is 2.29. The number of rotatable bonds is 5. The Morgan fingerprint density at radius 1 is 1.26 bits per heavy atom. The third kappa shape index (κ3) is 2.74. The van der Waals surface area contributed by atoms with Gasteiger partial charge < -0.3 is 10.2 Å². The van der Waals surface area contributed by atoms with Crippen LogP contribution in [0.5, 0.6) is 0 Å². The molecule has 6 heteroatoms. The first-order chi connectivity index (χ1) is 9.21. The Morgan fingerprint density at radius 3 is 2.37 bits per heavy atom. The molecule has 1 aliphatic rings. The van der Waals surface area contributed by atoms with E-state index in [2.05, 4.69) is 27.4 Å². The van der Waals surface area contributed by atoms with E-state index in [9.17, 15) is 0 Å². The molecule has 0 aromatic carbocycles.